The normalized spacial score (nSPS) is 11.7. The van der Waals surface area contributed by atoms with Crippen LogP contribution in [0.3, 0.4) is 0 Å². The van der Waals surface area contributed by atoms with E-state index in [2.05, 4.69) is 16.2 Å². The molecule has 1 atom stereocenters. The maximum atomic E-state index is 11.5. The topological polar surface area (TPSA) is 44.9 Å². The van der Waals surface area contributed by atoms with Crippen molar-refractivity contribution in [2.75, 3.05) is 0 Å². The summed E-state index contributed by atoms with van der Waals surface area (Å²) in [4.78, 5) is 14.4. The summed E-state index contributed by atoms with van der Waals surface area (Å²) in [5, 5.41) is 2.86. The van der Waals surface area contributed by atoms with Gasteiger partial charge in [0, 0.05) is 18.7 Å². The molecule has 3 heteroatoms. The van der Waals surface area contributed by atoms with Crippen molar-refractivity contribution < 1.29 is 4.79 Å². The molecule has 1 rings (SSSR count). The Morgan fingerprint density at radius 1 is 1.79 bits per heavy atom. The van der Waals surface area contributed by atoms with Crippen molar-refractivity contribution in [1.29, 1.82) is 0 Å². The summed E-state index contributed by atoms with van der Waals surface area (Å²) < 4.78 is 0. The summed E-state index contributed by atoms with van der Waals surface area (Å²) in [6, 6.07) is 3.59. The van der Waals surface area contributed by atoms with Crippen LogP contribution in [0.15, 0.2) is 18.3 Å². The number of hydrogen-bond donors (Lipinski definition) is 2. The predicted octanol–water partition coefficient (Wildman–Crippen LogP) is 1.55. The Morgan fingerprint density at radius 3 is 3.07 bits per heavy atom. The Hall–Kier alpha value is -1.69. The number of aromatic amines is 1. The Kier molecular flexibility index (Phi) is 3.81. The minimum absolute atomic E-state index is 0.0656. The Morgan fingerprint density at radius 2 is 2.57 bits per heavy atom. The largest absolute Gasteiger partial charge is 0.357 e. The van der Waals surface area contributed by atoms with Gasteiger partial charge in [0.25, 0.3) is 5.91 Å². The summed E-state index contributed by atoms with van der Waals surface area (Å²) in [5.41, 5.74) is 0.570. The molecular formula is C11H14N2O. The highest BCUT2D eigenvalue weighted by Gasteiger charge is 2.10. The van der Waals surface area contributed by atoms with E-state index >= 15 is 0 Å². The van der Waals surface area contributed by atoms with Crippen molar-refractivity contribution in [2.24, 2.45) is 0 Å². The number of carbonyl (C=O) groups is 1. The van der Waals surface area contributed by atoms with Gasteiger partial charge < -0.3 is 10.3 Å². The summed E-state index contributed by atoms with van der Waals surface area (Å²) in [6.07, 6.45) is 8.33. The summed E-state index contributed by atoms with van der Waals surface area (Å²) >= 11 is 0. The second kappa shape index (κ2) is 5.13. The molecule has 0 aliphatic heterocycles. The SMILES string of the molecule is C#CCC(CC)NC(=O)c1ccc[nH]1. The van der Waals surface area contributed by atoms with Crippen LogP contribution in [0.4, 0.5) is 0 Å². The Labute approximate surface area is 83.9 Å². The van der Waals surface area contributed by atoms with Gasteiger partial charge in [0.05, 0.1) is 0 Å². The number of aromatic nitrogens is 1. The second-order valence-corrected chi connectivity index (χ2v) is 3.07. The maximum Gasteiger partial charge on any atom is 0.267 e. The lowest BCUT2D eigenvalue weighted by atomic mass is 10.1. The molecule has 0 saturated carbocycles. The van der Waals surface area contributed by atoms with Gasteiger partial charge in [-0.3, -0.25) is 4.79 Å². The Balaban J connectivity index is 2.52. The average molecular weight is 190 g/mol. The number of nitrogens with one attached hydrogen (secondary N) is 2. The van der Waals surface area contributed by atoms with Crippen LogP contribution in [-0.2, 0) is 0 Å². The molecule has 14 heavy (non-hydrogen) atoms. The van der Waals surface area contributed by atoms with Crippen LogP contribution in [0.5, 0.6) is 0 Å². The number of H-pyrrole nitrogens is 1. The molecule has 0 radical (unpaired) electrons. The molecule has 1 aromatic rings. The smallest absolute Gasteiger partial charge is 0.267 e. The Bertz CT molecular complexity index is 322. The molecule has 0 aliphatic rings. The first-order chi connectivity index (χ1) is 6.77. The van der Waals surface area contributed by atoms with Gasteiger partial charge in [-0.2, -0.15) is 0 Å². The number of carbonyl (C=O) groups excluding carboxylic acids is 1. The molecule has 0 spiro atoms. The van der Waals surface area contributed by atoms with Gasteiger partial charge >= 0.3 is 0 Å². The first kappa shape index (κ1) is 10.4. The molecule has 0 bridgehead atoms. The minimum atomic E-state index is -0.0999. The predicted molar refractivity (Wildman–Crippen MR) is 55.8 cm³/mol. The number of rotatable bonds is 4. The zero-order valence-corrected chi connectivity index (χ0v) is 8.21. The highest BCUT2D eigenvalue weighted by Crippen LogP contribution is 2.00. The van der Waals surface area contributed by atoms with Crippen LogP contribution in [0.1, 0.15) is 30.3 Å². The van der Waals surface area contributed by atoms with E-state index in [1.54, 1.807) is 18.3 Å². The van der Waals surface area contributed by atoms with Gasteiger partial charge in [0.1, 0.15) is 5.69 Å². The number of terminal acetylenes is 1. The van der Waals surface area contributed by atoms with Crippen molar-refractivity contribution in [3.05, 3.63) is 24.0 Å². The molecule has 0 fully saturated rings. The fourth-order valence-electron chi connectivity index (χ4n) is 1.17. The van der Waals surface area contributed by atoms with E-state index in [-0.39, 0.29) is 11.9 Å². The van der Waals surface area contributed by atoms with Crippen LogP contribution < -0.4 is 5.32 Å². The fourth-order valence-corrected chi connectivity index (χ4v) is 1.17. The number of hydrogen-bond acceptors (Lipinski definition) is 1. The first-order valence-corrected chi connectivity index (χ1v) is 4.65. The molecule has 0 aliphatic carbocycles. The van der Waals surface area contributed by atoms with Gasteiger partial charge in [-0.05, 0) is 18.6 Å². The van der Waals surface area contributed by atoms with Crippen LogP contribution in [0, 0.1) is 12.3 Å². The van der Waals surface area contributed by atoms with E-state index in [1.807, 2.05) is 6.92 Å². The highest BCUT2D eigenvalue weighted by molar-refractivity contribution is 5.92. The quantitative estimate of drug-likeness (QED) is 0.695. The van der Waals surface area contributed by atoms with E-state index in [9.17, 15) is 4.79 Å². The van der Waals surface area contributed by atoms with Crippen LogP contribution in [0.25, 0.3) is 0 Å². The molecule has 3 nitrogen and oxygen atoms in total. The second-order valence-electron chi connectivity index (χ2n) is 3.07. The fraction of sp³-hybridized carbons (Fsp3) is 0.364. The van der Waals surface area contributed by atoms with Crippen LogP contribution in [-0.4, -0.2) is 16.9 Å². The van der Waals surface area contributed by atoms with Crippen LogP contribution >= 0.6 is 0 Å². The zero-order chi connectivity index (χ0) is 10.4. The molecule has 1 aromatic heterocycles. The average Bonchev–Trinajstić information content (AvgIpc) is 2.69. The van der Waals surface area contributed by atoms with Crippen molar-refractivity contribution in [3.8, 4) is 12.3 Å². The molecule has 1 heterocycles. The lowest BCUT2D eigenvalue weighted by molar-refractivity contribution is 0.0932. The van der Waals surface area contributed by atoms with Crippen LogP contribution in [0.2, 0.25) is 0 Å². The van der Waals surface area contributed by atoms with Gasteiger partial charge in [-0.15, -0.1) is 12.3 Å². The van der Waals surface area contributed by atoms with Gasteiger partial charge in [-0.1, -0.05) is 6.92 Å². The van der Waals surface area contributed by atoms with Crippen molar-refractivity contribution in [3.63, 3.8) is 0 Å². The van der Waals surface area contributed by atoms with E-state index in [4.69, 9.17) is 6.42 Å². The first-order valence-electron chi connectivity index (χ1n) is 4.65. The standard InChI is InChI=1S/C11H14N2O/c1-3-6-9(4-2)13-11(14)10-7-5-8-12-10/h1,5,7-9,12H,4,6H2,2H3,(H,13,14). The maximum absolute atomic E-state index is 11.5. The molecule has 1 unspecified atom stereocenters. The summed E-state index contributed by atoms with van der Waals surface area (Å²) in [5.74, 6) is 2.44. The third-order valence-corrected chi connectivity index (χ3v) is 2.03. The van der Waals surface area contributed by atoms with Crippen molar-refractivity contribution in [1.82, 2.24) is 10.3 Å². The van der Waals surface area contributed by atoms with Gasteiger partial charge in [0.2, 0.25) is 0 Å². The van der Waals surface area contributed by atoms with E-state index < -0.39 is 0 Å². The molecule has 0 aromatic carbocycles. The van der Waals surface area contributed by atoms with Crippen molar-refractivity contribution in [2.45, 2.75) is 25.8 Å². The van der Waals surface area contributed by atoms with Crippen molar-refractivity contribution >= 4 is 5.91 Å². The third-order valence-electron chi connectivity index (χ3n) is 2.03. The summed E-state index contributed by atoms with van der Waals surface area (Å²) in [6.45, 7) is 2.00. The monoisotopic (exact) mass is 190 g/mol. The third kappa shape index (κ3) is 2.67. The molecular weight excluding hydrogens is 176 g/mol. The van der Waals surface area contributed by atoms with Gasteiger partial charge in [-0.25, -0.2) is 0 Å². The summed E-state index contributed by atoms with van der Waals surface area (Å²) in [7, 11) is 0. The van der Waals surface area contributed by atoms with E-state index in [1.165, 1.54) is 0 Å². The molecule has 1 amide bonds. The molecule has 74 valence electrons. The molecule has 2 N–H and O–H groups in total. The minimum Gasteiger partial charge on any atom is -0.357 e. The zero-order valence-electron chi connectivity index (χ0n) is 8.21. The molecule has 0 saturated heterocycles. The van der Waals surface area contributed by atoms with E-state index in [0.29, 0.717) is 12.1 Å². The van der Waals surface area contributed by atoms with E-state index in [0.717, 1.165) is 6.42 Å². The van der Waals surface area contributed by atoms with Gasteiger partial charge in [0.15, 0.2) is 0 Å². The number of amides is 1. The lowest BCUT2D eigenvalue weighted by Gasteiger charge is -2.13. The highest BCUT2D eigenvalue weighted by atomic mass is 16.1. The lowest BCUT2D eigenvalue weighted by Crippen LogP contribution is -2.34.